The molecule has 4 heterocycles. The van der Waals surface area contributed by atoms with Crippen molar-refractivity contribution in [2.24, 2.45) is 0 Å². The average Bonchev–Trinajstić information content (AvgIpc) is 2.84. The van der Waals surface area contributed by atoms with E-state index in [-0.39, 0.29) is 5.56 Å². The molecule has 2 aliphatic heterocycles. The summed E-state index contributed by atoms with van der Waals surface area (Å²) in [6.07, 6.45) is 2.00. The van der Waals surface area contributed by atoms with Gasteiger partial charge in [0.2, 0.25) is 0 Å². The summed E-state index contributed by atoms with van der Waals surface area (Å²) in [7, 11) is 0. The van der Waals surface area contributed by atoms with Gasteiger partial charge in [-0.05, 0) is 23.8 Å². The van der Waals surface area contributed by atoms with Crippen molar-refractivity contribution in [2.45, 2.75) is 32.5 Å². The number of nitrogens with zero attached hydrogens (tertiary/aromatic N) is 3. The number of hydrogen-bond donors (Lipinski definition) is 0. The smallest absolute Gasteiger partial charge is 0.334 e. The molecule has 25 heavy (non-hydrogen) atoms. The Balaban J connectivity index is 1.88. The van der Waals surface area contributed by atoms with Crippen LogP contribution in [-0.4, -0.2) is 9.13 Å². The molecule has 4 nitrogen and oxygen atoms in total. The molecule has 0 fully saturated rings. The summed E-state index contributed by atoms with van der Waals surface area (Å²) in [5, 5.41) is 2.18. The highest BCUT2D eigenvalue weighted by Crippen LogP contribution is 2.37. The monoisotopic (exact) mass is 328 g/mol. The van der Waals surface area contributed by atoms with Crippen molar-refractivity contribution in [1.82, 2.24) is 9.13 Å². The third kappa shape index (κ3) is 1.57. The molecule has 0 saturated heterocycles. The van der Waals surface area contributed by atoms with Crippen LogP contribution in [0.5, 0.6) is 0 Å². The predicted octanol–water partition coefficient (Wildman–Crippen LogP) is 2.87. The summed E-state index contributed by atoms with van der Waals surface area (Å²) in [5.74, 6) is 1.10. The van der Waals surface area contributed by atoms with E-state index in [1.807, 2.05) is 22.8 Å². The van der Waals surface area contributed by atoms with Crippen LogP contribution in [0.15, 0.2) is 53.3 Å². The van der Waals surface area contributed by atoms with Crippen LogP contribution in [0, 0.1) is 0 Å². The third-order valence-electron chi connectivity index (χ3n) is 5.82. The van der Waals surface area contributed by atoms with Gasteiger partial charge in [0.25, 0.3) is 0 Å². The molecule has 0 N–H and O–H groups in total. The van der Waals surface area contributed by atoms with Crippen LogP contribution >= 0.6 is 0 Å². The van der Waals surface area contributed by atoms with Gasteiger partial charge >= 0.3 is 11.4 Å². The Morgan fingerprint density at radius 1 is 0.880 bits per heavy atom. The van der Waals surface area contributed by atoms with Gasteiger partial charge in [-0.25, -0.2) is 9.36 Å². The highest BCUT2D eigenvalue weighted by Gasteiger charge is 2.36. The van der Waals surface area contributed by atoms with Crippen LogP contribution in [0.25, 0.3) is 33.3 Å². The Kier molecular flexibility index (Phi) is 2.47. The molecule has 6 rings (SSSR count). The number of para-hydroxylation sites is 2. The fraction of sp³-hybridized carbons (Fsp3) is 0.238. The Hall–Kier alpha value is -2.88. The van der Waals surface area contributed by atoms with E-state index in [1.54, 1.807) is 0 Å². The van der Waals surface area contributed by atoms with Gasteiger partial charge in [-0.15, -0.1) is 0 Å². The summed E-state index contributed by atoms with van der Waals surface area (Å²) in [6.45, 7) is 2.71. The van der Waals surface area contributed by atoms with Crippen molar-refractivity contribution in [1.29, 1.82) is 0 Å². The zero-order valence-electron chi connectivity index (χ0n) is 13.9. The fourth-order valence-electron chi connectivity index (χ4n) is 4.81. The number of hydrogen-bond acceptors (Lipinski definition) is 1. The first-order valence-electron chi connectivity index (χ1n) is 9.00. The Bertz CT molecular complexity index is 1250. The van der Waals surface area contributed by atoms with E-state index in [0.717, 1.165) is 49.2 Å². The second kappa shape index (κ2) is 4.60. The molecule has 0 unspecified atom stereocenters. The molecule has 0 spiro atoms. The summed E-state index contributed by atoms with van der Waals surface area (Å²) >= 11 is 0. The second-order valence-corrected chi connectivity index (χ2v) is 7.05. The van der Waals surface area contributed by atoms with Crippen LogP contribution in [0.3, 0.4) is 0 Å². The highest BCUT2D eigenvalue weighted by atomic mass is 16.1. The largest absolute Gasteiger partial charge is 0.345 e. The molecule has 2 aliphatic rings. The lowest BCUT2D eigenvalue weighted by atomic mass is 10.0. The maximum Gasteiger partial charge on any atom is 0.345 e. The van der Waals surface area contributed by atoms with Crippen molar-refractivity contribution in [2.75, 3.05) is 0 Å². The average molecular weight is 328 g/mol. The van der Waals surface area contributed by atoms with E-state index in [4.69, 9.17) is 0 Å². The summed E-state index contributed by atoms with van der Waals surface area (Å²) in [6, 6.07) is 16.7. The van der Waals surface area contributed by atoms with Gasteiger partial charge in [0, 0.05) is 30.3 Å². The van der Waals surface area contributed by atoms with Gasteiger partial charge in [0.1, 0.15) is 16.6 Å². The molecule has 4 heteroatoms. The minimum absolute atomic E-state index is 0.145. The number of rotatable bonds is 0. The highest BCUT2D eigenvalue weighted by molar-refractivity contribution is 5.91. The SMILES string of the molecule is O=c1c2ccccc2[n+]2c3n1CCc1c-3n(c3ccccc13)CCC2. The lowest BCUT2D eigenvalue weighted by molar-refractivity contribution is -0.664. The third-order valence-corrected chi connectivity index (χ3v) is 5.82. The quantitative estimate of drug-likeness (QED) is 0.457. The predicted molar refractivity (Wildman–Crippen MR) is 97.7 cm³/mol. The van der Waals surface area contributed by atoms with Crippen LogP contribution in [0.2, 0.25) is 0 Å². The van der Waals surface area contributed by atoms with Gasteiger partial charge in [-0.3, -0.25) is 0 Å². The van der Waals surface area contributed by atoms with Gasteiger partial charge in [-0.2, -0.15) is 4.57 Å². The summed E-state index contributed by atoms with van der Waals surface area (Å²) < 4.78 is 6.82. The van der Waals surface area contributed by atoms with E-state index < -0.39 is 0 Å². The van der Waals surface area contributed by atoms with Gasteiger partial charge in [0.05, 0.1) is 13.1 Å². The molecular weight excluding hydrogens is 310 g/mol. The minimum Gasteiger partial charge on any atom is -0.334 e. The normalized spacial score (nSPS) is 15.4. The maximum atomic E-state index is 13.1. The van der Waals surface area contributed by atoms with Crippen molar-refractivity contribution in [3.63, 3.8) is 0 Å². The minimum atomic E-state index is 0.145. The number of aryl methyl sites for hydroxylation is 3. The molecule has 2 aromatic carbocycles. The van der Waals surface area contributed by atoms with Gasteiger partial charge in [-0.1, -0.05) is 30.3 Å². The molecule has 0 aliphatic carbocycles. The van der Waals surface area contributed by atoms with Crippen molar-refractivity contribution in [3.05, 3.63) is 64.4 Å². The van der Waals surface area contributed by atoms with Crippen molar-refractivity contribution in [3.8, 4) is 11.5 Å². The topological polar surface area (TPSA) is 30.8 Å². The van der Waals surface area contributed by atoms with Crippen LogP contribution in [-0.2, 0) is 26.1 Å². The van der Waals surface area contributed by atoms with E-state index in [2.05, 4.69) is 39.5 Å². The Morgan fingerprint density at radius 2 is 1.68 bits per heavy atom. The maximum absolute atomic E-state index is 13.1. The molecule has 2 aromatic heterocycles. The zero-order chi connectivity index (χ0) is 16.5. The lowest BCUT2D eigenvalue weighted by Gasteiger charge is -2.17. The first kappa shape index (κ1) is 13.4. The second-order valence-electron chi connectivity index (χ2n) is 7.05. The van der Waals surface area contributed by atoms with Crippen LogP contribution in [0.4, 0.5) is 0 Å². The first-order valence-corrected chi connectivity index (χ1v) is 9.00. The van der Waals surface area contributed by atoms with E-state index in [1.165, 1.54) is 22.2 Å². The molecule has 0 amide bonds. The van der Waals surface area contributed by atoms with E-state index >= 15 is 0 Å². The standard InChI is InChI=1S/C21H18N3O/c25-21-16-7-2-4-9-18(16)23-12-5-11-22-17-8-3-1-6-14(17)15-10-13-24(21)20(23)19(15)22/h1-4,6-9H,5,10-13H2/q+1. The molecule has 122 valence electrons. The molecule has 4 aromatic rings. The Labute approximate surface area is 144 Å². The molecular formula is C21H18N3O+. The Morgan fingerprint density at radius 3 is 2.60 bits per heavy atom. The van der Waals surface area contributed by atoms with Gasteiger partial charge in [0.15, 0.2) is 0 Å². The van der Waals surface area contributed by atoms with Gasteiger partial charge < -0.3 is 4.57 Å². The zero-order valence-corrected chi connectivity index (χ0v) is 13.9. The number of aromatic nitrogens is 3. The van der Waals surface area contributed by atoms with Crippen LogP contribution in [0.1, 0.15) is 12.0 Å². The molecule has 0 bridgehead atoms. The summed E-state index contributed by atoms with van der Waals surface area (Å²) in [4.78, 5) is 13.1. The number of benzene rings is 2. The van der Waals surface area contributed by atoms with Crippen molar-refractivity contribution < 1.29 is 4.57 Å². The van der Waals surface area contributed by atoms with E-state index in [0.29, 0.717) is 0 Å². The van der Waals surface area contributed by atoms with Crippen molar-refractivity contribution >= 4 is 21.8 Å². The van der Waals surface area contributed by atoms with E-state index in [9.17, 15) is 4.79 Å². The lowest BCUT2D eigenvalue weighted by Crippen LogP contribution is -2.45. The first-order chi connectivity index (χ1) is 12.3. The number of fused-ring (bicyclic) bond motifs is 5. The summed E-state index contributed by atoms with van der Waals surface area (Å²) in [5.41, 5.74) is 5.17. The fourth-order valence-corrected chi connectivity index (χ4v) is 4.81. The molecule has 0 radical (unpaired) electrons. The van der Waals surface area contributed by atoms with Crippen LogP contribution < -0.4 is 10.1 Å². The molecule has 0 saturated carbocycles. The molecule has 0 atom stereocenters.